The minimum absolute atomic E-state index is 1.28. The third kappa shape index (κ3) is 1.53. The van der Waals surface area contributed by atoms with E-state index in [1.165, 1.54) is 54.3 Å². The molecule has 2 heteroatoms. The molecule has 0 bridgehead atoms. The standard InChI is InChI=1S/C24H18N2/c1-25-14-13-19-20(25)12-11-16-15-7-3-4-8-17(15)24-23(22(16)19)18-9-5-6-10-21(18)26(24)2/h3-14H,1-2H3. The van der Waals surface area contributed by atoms with Crippen molar-refractivity contribution in [1.82, 2.24) is 9.13 Å². The van der Waals surface area contributed by atoms with Gasteiger partial charge in [-0.3, -0.25) is 0 Å². The van der Waals surface area contributed by atoms with Crippen LogP contribution in [-0.4, -0.2) is 9.13 Å². The van der Waals surface area contributed by atoms with Gasteiger partial charge in [-0.25, -0.2) is 0 Å². The quantitative estimate of drug-likeness (QED) is 0.296. The molecule has 0 fully saturated rings. The number of rotatable bonds is 0. The minimum Gasteiger partial charge on any atom is -0.351 e. The monoisotopic (exact) mass is 334 g/mol. The van der Waals surface area contributed by atoms with Gasteiger partial charge in [-0.2, -0.15) is 0 Å². The summed E-state index contributed by atoms with van der Waals surface area (Å²) in [6.07, 6.45) is 2.16. The Hall–Kier alpha value is -3.26. The van der Waals surface area contributed by atoms with Gasteiger partial charge in [0.15, 0.2) is 0 Å². The molecule has 2 nitrogen and oxygen atoms in total. The van der Waals surface area contributed by atoms with Gasteiger partial charge in [-0.05, 0) is 29.0 Å². The van der Waals surface area contributed by atoms with E-state index in [4.69, 9.17) is 0 Å². The van der Waals surface area contributed by atoms with E-state index in [2.05, 4.69) is 96.2 Å². The van der Waals surface area contributed by atoms with Crippen LogP contribution in [0.5, 0.6) is 0 Å². The number of hydrogen-bond donors (Lipinski definition) is 0. The topological polar surface area (TPSA) is 9.86 Å². The molecule has 0 saturated heterocycles. The fraction of sp³-hybridized carbons (Fsp3) is 0.0833. The molecule has 26 heavy (non-hydrogen) atoms. The van der Waals surface area contributed by atoms with Crippen LogP contribution in [0.25, 0.3) is 54.3 Å². The first kappa shape index (κ1) is 14.0. The molecule has 0 spiro atoms. The molecule has 0 amide bonds. The van der Waals surface area contributed by atoms with E-state index in [0.717, 1.165) is 0 Å². The van der Waals surface area contributed by atoms with Gasteiger partial charge in [0.1, 0.15) is 0 Å². The first-order valence-corrected chi connectivity index (χ1v) is 9.01. The lowest BCUT2D eigenvalue weighted by atomic mass is 9.94. The lowest BCUT2D eigenvalue weighted by Crippen LogP contribution is -1.89. The van der Waals surface area contributed by atoms with Crippen molar-refractivity contribution < 1.29 is 0 Å². The molecule has 0 aliphatic rings. The van der Waals surface area contributed by atoms with Crippen LogP contribution in [0.4, 0.5) is 0 Å². The van der Waals surface area contributed by atoms with Crippen LogP contribution < -0.4 is 0 Å². The van der Waals surface area contributed by atoms with E-state index in [0.29, 0.717) is 0 Å². The molecule has 0 unspecified atom stereocenters. The number of para-hydroxylation sites is 1. The van der Waals surface area contributed by atoms with Crippen molar-refractivity contribution in [3.05, 3.63) is 72.9 Å². The molecule has 6 aromatic rings. The Labute approximate surface area is 150 Å². The van der Waals surface area contributed by atoms with Gasteiger partial charge in [0, 0.05) is 58.3 Å². The third-order valence-electron chi connectivity index (χ3n) is 5.90. The highest BCUT2D eigenvalue weighted by atomic mass is 14.9. The first-order valence-electron chi connectivity index (χ1n) is 9.01. The molecule has 124 valence electrons. The highest BCUT2D eigenvalue weighted by Crippen LogP contribution is 2.43. The predicted octanol–water partition coefficient (Wildman–Crippen LogP) is 6.13. The number of aromatic nitrogens is 2. The zero-order chi connectivity index (χ0) is 17.4. The van der Waals surface area contributed by atoms with E-state index in [-0.39, 0.29) is 0 Å². The van der Waals surface area contributed by atoms with Gasteiger partial charge < -0.3 is 9.13 Å². The van der Waals surface area contributed by atoms with E-state index < -0.39 is 0 Å². The zero-order valence-corrected chi connectivity index (χ0v) is 14.8. The number of aryl methyl sites for hydroxylation is 2. The van der Waals surface area contributed by atoms with Crippen LogP contribution in [0, 0.1) is 0 Å². The largest absolute Gasteiger partial charge is 0.351 e. The van der Waals surface area contributed by atoms with Crippen molar-refractivity contribution in [3.63, 3.8) is 0 Å². The van der Waals surface area contributed by atoms with E-state index in [1.807, 2.05) is 0 Å². The molecule has 6 rings (SSSR count). The number of benzene rings is 4. The fourth-order valence-electron chi connectivity index (χ4n) is 4.73. The van der Waals surface area contributed by atoms with Crippen molar-refractivity contribution in [2.75, 3.05) is 0 Å². The Morgan fingerprint density at radius 1 is 0.538 bits per heavy atom. The number of nitrogens with zero attached hydrogens (tertiary/aromatic N) is 2. The van der Waals surface area contributed by atoms with Crippen LogP contribution >= 0.6 is 0 Å². The van der Waals surface area contributed by atoms with Crippen molar-refractivity contribution in [2.24, 2.45) is 14.1 Å². The molecule has 0 aliphatic heterocycles. The summed E-state index contributed by atoms with van der Waals surface area (Å²) in [4.78, 5) is 0. The van der Waals surface area contributed by atoms with Crippen LogP contribution in [0.1, 0.15) is 0 Å². The van der Waals surface area contributed by atoms with Gasteiger partial charge in [0.05, 0.1) is 5.52 Å². The second-order valence-corrected chi connectivity index (χ2v) is 7.19. The number of hydrogen-bond acceptors (Lipinski definition) is 0. The Bertz CT molecular complexity index is 1500. The first-order chi connectivity index (χ1) is 12.8. The lowest BCUT2D eigenvalue weighted by Gasteiger charge is -2.10. The SMILES string of the molecule is Cn1ccc2c3c(ccc21)c1ccccc1c1c3c2ccccc2n1C. The summed E-state index contributed by atoms with van der Waals surface area (Å²) < 4.78 is 4.56. The summed E-state index contributed by atoms with van der Waals surface area (Å²) in [7, 11) is 4.31. The highest BCUT2D eigenvalue weighted by Gasteiger charge is 2.17. The van der Waals surface area contributed by atoms with Crippen LogP contribution in [0.2, 0.25) is 0 Å². The summed E-state index contributed by atoms with van der Waals surface area (Å²) in [6.45, 7) is 0. The molecular formula is C24H18N2. The molecule has 4 aromatic carbocycles. The van der Waals surface area contributed by atoms with E-state index >= 15 is 0 Å². The molecule has 2 aromatic heterocycles. The van der Waals surface area contributed by atoms with Crippen LogP contribution in [0.3, 0.4) is 0 Å². The van der Waals surface area contributed by atoms with Crippen molar-refractivity contribution in [3.8, 4) is 0 Å². The maximum absolute atomic E-state index is 2.36. The molecule has 0 atom stereocenters. The Morgan fingerprint density at radius 3 is 2.08 bits per heavy atom. The van der Waals surface area contributed by atoms with Gasteiger partial charge in [-0.1, -0.05) is 48.5 Å². The van der Waals surface area contributed by atoms with Gasteiger partial charge in [0.2, 0.25) is 0 Å². The zero-order valence-electron chi connectivity index (χ0n) is 14.8. The van der Waals surface area contributed by atoms with Crippen molar-refractivity contribution in [2.45, 2.75) is 0 Å². The summed E-state index contributed by atoms with van der Waals surface area (Å²) in [5, 5.41) is 9.38. The summed E-state index contributed by atoms with van der Waals surface area (Å²) in [6, 6.07) is 24.4. The molecule has 2 heterocycles. The van der Waals surface area contributed by atoms with E-state index in [9.17, 15) is 0 Å². The van der Waals surface area contributed by atoms with Crippen molar-refractivity contribution >= 4 is 54.3 Å². The normalized spacial score (nSPS) is 12.2. The van der Waals surface area contributed by atoms with Gasteiger partial charge >= 0.3 is 0 Å². The molecule has 0 saturated carbocycles. The van der Waals surface area contributed by atoms with Crippen LogP contribution in [-0.2, 0) is 14.1 Å². The Morgan fingerprint density at radius 2 is 1.23 bits per heavy atom. The third-order valence-corrected chi connectivity index (χ3v) is 5.90. The van der Waals surface area contributed by atoms with Crippen LogP contribution in [0.15, 0.2) is 72.9 Å². The molecule has 0 aliphatic carbocycles. The second-order valence-electron chi connectivity index (χ2n) is 7.19. The Balaban J connectivity index is 2.11. The van der Waals surface area contributed by atoms with E-state index in [1.54, 1.807) is 0 Å². The van der Waals surface area contributed by atoms with Gasteiger partial charge in [0.25, 0.3) is 0 Å². The molecule has 0 radical (unpaired) electrons. The maximum atomic E-state index is 2.36. The fourth-order valence-corrected chi connectivity index (χ4v) is 4.73. The predicted molar refractivity (Wildman–Crippen MR) is 112 cm³/mol. The smallest absolute Gasteiger partial charge is 0.0575 e. The lowest BCUT2D eigenvalue weighted by molar-refractivity contribution is 0.969. The van der Waals surface area contributed by atoms with Crippen molar-refractivity contribution in [1.29, 1.82) is 0 Å². The maximum Gasteiger partial charge on any atom is 0.0575 e. The van der Waals surface area contributed by atoms with Gasteiger partial charge in [-0.15, -0.1) is 0 Å². The average molecular weight is 334 g/mol. The summed E-state index contributed by atoms with van der Waals surface area (Å²) >= 11 is 0. The molecular weight excluding hydrogens is 316 g/mol. The highest BCUT2D eigenvalue weighted by molar-refractivity contribution is 6.36. The average Bonchev–Trinajstić information content (AvgIpc) is 3.21. The Kier molecular flexibility index (Phi) is 2.51. The molecule has 0 N–H and O–H groups in total. The summed E-state index contributed by atoms with van der Waals surface area (Å²) in [5.41, 5.74) is 3.89. The second kappa shape index (κ2) is 4.67. The minimum atomic E-state index is 1.28. The summed E-state index contributed by atoms with van der Waals surface area (Å²) in [5.74, 6) is 0. The number of fused-ring (bicyclic) bond motifs is 10.